The van der Waals surface area contributed by atoms with E-state index in [4.69, 9.17) is 9.47 Å². The Morgan fingerprint density at radius 2 is 1.77 bits per heavy atom. The predicted octanol–water partition coefficient (Wildman–Crippen LogP) is 2.94. The van der Waals surface area contributed by atoms with Crippen molar-refractivity contribution < 1.29 is 19.1 Å². The van der Waals surface area contributed by atoms with Crippen molar-refractivity contribution in [3.8, 4) is 11.5 Å². The molecule has 134 valence electrons. The van der Waals surface area contributed by atoms with Crippen molar-refractivity contribution in [1.29, 1.82) is 0 Å². The molecule has 0 bridgehead atoms. The number of nitrogens with zero attached hydrogens (tertiary/aromatic N) is 1. The van der Waals surface area contributed by atoms with Gasteiger partial charge in [-0.3, -0.25) is 15.0 Å². The van der Waals surface area contributed by atoms with Gasteiger partial charge < -0.3 is 9.47 Å². The summed E-state index contributed by atoms with van der Waals surface area (Å²) in [5, 5.41) is 1.23. The van der Waals surface area contributed by atoms with Gasteiger partial charge in [0.05, 0.1) is 18.9 Å². The van der Waals surface area contributed by atoms with E-state index >= 15 is 0 Å². The summed E-state index contributed by atoms with van der Waals surface area (Å²) in [7, 11) is 1.55. The molecule has 0 radical (unpaired) electrons. The molecule has 1 aliphatic heterocycles. The fourth-order valence-corrected chi connectivity index (χ4v) is 2.64. The van der Waals surface area contributed by atoms with E-state index in [1.165, 1.54) is 11.1 Å². The van der Waals surface area contributed by atoms with Crippen LogP contribution >= 0.6 is 0 Å². The van der Waals surface area contributed by atoms with Gasteiger partial charge >= 0.3 is 0 Å². The fraction of sp³-hybridized carbons (Fsp3) is 0.200. The summed E-state index contributed by atoms with van der Waals surface area (Å²) < 4.78 is 11.2. The lowest BCUT2D eigenvalue weighted by molar-refractivity contribution is -0.117. The molecule has 0 saturated carbocycles. The minimum atomic E-state index is -0.461. The van der Waals surface area contributed by atoms with Crippen molar-refractivity contribution in [2.24, 2.45) is 0 Å². The second-order valence-corrected chi connectivity index (χ2v) is 6.02. The van der Waals surface area contributed by atoms with Gasteiger partial charge in [0.2, 0.25) is 0 Å². The lowest BCUT2D eigenvalue weighted by atomic mass is 10.1. The number of benzene rings is 2. The number of hydrogen-bond acceptors (Lipinski definition) is 4. The number of carbonyl (C=O) groups excluding carboxylic acids is 2. The molecular formula is C20H20N2O4. The first-order valence-electron chi connectivity index (χ1n) is 8.27. The first-order chi connectivity index (χ1) is 12.5. The summed E-state index contributed by atoms with van der Waals surface area (Å²) >= 11 is 0. The molecular weight excluding hydrogens is 332 g/mol. The van der Waals surface area contributed by atoms with Crippen LogP contribution in [0, 0.1) is 0 Å². The van der Waals surface area contributed by atoms with E-state index in [1.54, 1.807) is 49.6 Å². The Hall–Kier alpha value is -3.28. The van der Waals surface area contributed by atoms with E-state index in [0.29, 0.717) is 22.7 Å². The summed E-state index contributed by atoms with van der Waals surface area (Å²) in [5.74, 6) is 0.159. The highest BCUT2D eigenvalue weighted by Crippen LogP contribution is 2.34. The quantitative estimate of drug-likeness (QED) is 0.664. The highest BCUT2D eigenvalue weighted by Gasteiger charge is 2.34. The maximum Gasteiger partial charge on any atom is 0.282 e. The molecule has 6 heteroatoms. The molecule has 3 rings (SSSR count). The molecule has 0 aromatic heterocycles. The third-order valence-electron chi connectivity index (χ3n) is 3.79. The van der Waals surface area contributed by atoms with Crippen LogP contribution in [0.3, 0.4) is 0 Å². The van der Waals surface area contributed by atoms with Gasteiger partial charge in [0, 0.05) is 5.56 Å². The number of carbonyl (C=O) groups is 2. The van der Waals surface area contributed by atoms with E-state index in [1.807, 2.05) is 19.9 Å². The van der Waals surface area contributed by atoms with Crippen LogP contribution in [0.2, 0.25) is 0 Å². The van der Waals surface area contributed by atoms with Gasteiger partial charge in [-0.1, -0.05) is 30.3 Å². The van der Waals surface area contributed by atoms with E-state index in [-0.39, 0.29) is 11.7 Å². The van der Waals surface area contributed by atoms with Crippen LogP contribution in [0.25, 0.3) is 6.08 Å². The van der Waals surface area contributed by atoms with Crippen LogP contribution in [0.5, 0.6) is 11.5 Å². The number of nitrogens with one attached hydrogen (secondary N) is 1. The topological polar surface area (TPSA) is 67.9 Å². The number of para-hydroxylation sites is 2. The second kappa shape index (κ2) is 7.31. The Kier molecular flexibility index (Phi) is 4.93. The standard InChI is InChI=1S/C20H20N2O4/c1-13(2)26-18-14(8-7-11-17(18)25-3)12-16-19(23)21-22(20(16)24)15-9-5-4-6-10-15/h4-13H,1-3H3,(H,21,23)/b16-12-. The van der Waals surface area contributed by atoms with Gasteiger partial charge in [0.15, 0.2) is 11.5 Å². The van der Waals surface area contributed by atoms with Gasteiger partial charge in [-0.2, -0.15) is 0 Å². The molecule has 2 aromatic carbocycles. The van der Waals surface area contributed by atoms with Crippen molar-refractivity contribution >= 4 is 23.6 Å². The minimum absolute atomic E-state index is 0.0377. The first-order valence-corrected chi connectivity index (χ1v) is 8.27. The SMILES string of the molecule is COc1cccc(/C=C2/C(=O)NN(c3ccccc3)C2=O)c1OC(C)C. The van der Waals surface area contributed by atoms with E-state index in [0.717, 1.165) is 0 Å². The third-order valence-corrected chi connectivity index (χ3v) is 3.79. The second-order valence-electron chi connectivity index (χ2n) is 6.02. The molecule has 6 nitrogen and oxygen atoms in total. The van der Waals surface area contributed by atoms with Crippen LogP contribution in [0.1, 0.15) is 19.4 Å². The van der Waals surface area contributed by atoms with Crippen molar-refractivity contribution in [3.63, 3.8) is 0 Å². The molecule has 2 aromatic rings. The van der Waals surface area contributed by atoms with E-state index in [9.17, 15) is 9.59 Å². The van der Waals surface area contributed by atoms with Crippen LogP contribution in [0.4, 0.5) is 5.69 Å². The molecule has 0 aliphatic carbocycles. The van der Waals surface area contributed by atoms with Gasteiger partial charge in [0.25, 0.3) is 11.8 Å². The first kappa shape index (κ1) is 17.5. The van der Waals surface area contributed by atoms with Gasteiger partial charge in [0.1, 0.15) is 5.57 Å². The van der Waals surface area contributed by atoms with Gasteiger partial charge in [-0.05, 0) is 38.1 Å². The molecule has 1 heterocycles. The third kappa shape index (κ3) is 3.39. The Labute approximate surface area is 152 Å². The van der Waals surface area contributed by atoms with Crippen molar-refractivity contribution in [3.05, 3.63) is 59.7 Å². The highest BCUT2D eigenvalue weighted by atomic mass is 16.5. The number of anilines is 1. The molecule has 1 N–H and O–H groups in total. The molecule has 1 aliphatic rings. The van der Waals surface area contributed by atoms with Crippen molar-refractivity contribution in [1.82, 2.24) is 5.43 Å². The number of methoxy groups -OCH3 is 1. The molecule has 26 heavy (non-hydrogen) atoms. The summed E-state index contributed by atoms with van der Waals surface area (Å²) in [6.07, 6.45) is 1.44. The smallest absolute Gasteiger partial charge is 0.282 e. The Morgan fingerprint density at radius 1 is 1.04 bits per heavy atom. The fourth-order valence-electron chi connectivity index (χ4n) is 2.64. The molecule has 1 fully saturated rings. The van der Waals surface area contributed by atoms with E-state index in [2.05, 4.69) is 5.43 Å². The monoisotopic (exact) mass is 352 g/mol. The van der Waals surface area contributed by atoms with Crippen LogP contribution in [0.15, 0.2) is 54.1 Å². The molecule has 2 amide bonds. The van der Waals surface area contributed by atoms with Crippen molar-refractivity contribution in [2.45, 2.75) is 20.0 Å². The predicted molar refractivity (Wildman–Crippen MR) is 98.8 cm³/mol. The Balaban J connectivity index is 2.00. The summed E-state index contributed by atoms with van der Waals surface area (Å²) in [6.45, 7) is 3.79. The maximum atomic E-state index is 12.7. The largest absolute Gasteiger partial charge is 0.493 e. The highest BCUT2D eigenvalue weighted by molar-refractivity contribution is 6.31. The summed E-state index contributed by atoms with van der Waals surface area (Å²) in [4.78, 5) is 25.1. The Morgan fingerprint density at radius 3 is 2.42 bits per heavy atom. The van der Waals surface area contributed by atoms with E-state index < -0.39 is 11.8 Å². The molecule has 1 saturated heterocycles. The average molecular weight is 352 g/mol. The van der Waals surface area contributed by atoms with Crippen LogP contribution in [-0.4, -0.2) is 25.0 Å². The van der Waals surface area contributed by atoms with Gasteiger partial charge in [-0.25, -0.2) is 5.01 Å². The normalized spacial score (nSPS) is 15.5. The minimum Gasteiger partial charge on any atom is -0.493 e. The van der Waals surface area contributed by atoms with Gasteiger partial charge in [-0.15, -0.1) is 0 Å². The number of ether oxygens (including phenoxy) is 2. The average Bonchev–Trinajstić information content (AvgIpc) is 2.91. The van der Waals surface area contributed by atoms with Crippen molar-refractivity contribution in [2.75, 3.05) is 12.1 Å². The zero-order valence-corrected chi connectivity index (χ0v) is 14.9. The lowest BCUT2D eigenvalue weighted by Gasteiger charge is -2.16. The lowest BCUT2D eigenvalue weighted by Crippen LogP contribution is -2.35. The molecule has 0 atom stereocenters. The summed E-state index contributed by atoms with van der Waals surface area (Å²) in [5.41, 5.74) is 3.82. The van der Waals surface area contributed by atoms with Crippen LogP contribution in [-0.2, 0) is 9.59 Å². The Bertz CT molecular complexity index is 859. The summed E-state index contributed by atoms with van der Waals surface area (Å²) in [6, 6.07) is 14.3. The molecule has 0 spiro atoms. The zero-order chi connectivity index (χ0) is 18.7. The zero-order valence-electron chi connectivity index (χ0n) is 14.9. The van der Waals surface area contributed by atoms with Crippen LogP contribution < -0.4 is 19.9 Å². The number of rotatable bonds is 5. The maximum absolute atomic E-state index is 12.7. The number of hydrogen-bond donors (Lipinski definition) is 1. The molecule has 0 unspecified atom stereocenters. The number of hydrazine groups is 1. The number of amides is 2.